The van der Waals surface area contributed by atoms with Gasteiger partial charge in [-0.05, 0) is 68.6 Å². The van der Waals surface area contributed by atoms with Crippen molar-refractivity contribution in [2.45, 2.75) is 34.6 Å². The highest BCUT2D eigenvalue weighted by Crippen LogP contribution is 2.30. The van der Waals surface area contributed by atoms with Gasteiger partial charge in [-0.15, -0.1) is 11.8 Å². The van der Waals surface area contributed by atoms with Gasteiger partial charge >= 0.3 is 0 Å². The minimum atomic E-state index is 0.220. The van der Waals surface area contributed by atoms with E-state index in [-0.39, 0.29) is 6.10 Å². The summed E-state index contributed by atoms with van der Waals surface area (Å²) in [5.41, 5.74) is 0. The molecule has 19 heavy (non-hydrogen) atoms. The van der Waals surface area contributed by atoms with Crippen molar-refractivity contribution in [2.24, 2.45) is 0 Å². The van der Waals surface area contributed by atoms with E-state index in [2.05, 4.69) is 42.7 Å². The van der Waals surface area contributed by atoms with E-state index in [0.29, 0.717) is 0 Å². The van der Waals surface area contributed by atoms with Crippen molar-refractivity contribution < 1.29 is 4.74 Å². The van der Waals surface area contributed by atoms with E-state index in [1.807, 2.05) is 26.0 Å². The molecule has 3 heteroatoms. The van der Waals surface area contributed by atoms with Crippen LogP contribution in [0, 0.1) is 0 Å². The standard InChI is InChI=1S/C16H18OS2/c1-12(2)17-13-4-6-15(7-5-13)19-16-10-8-14(18-3)9-11-16/h4-12H,1-3H3. The Hall–Kier alpha value is -1.06. The number of hydrogen-bond acceptors (Lipinski definition) is 3. The number of ether oxygens (including phenoxy) is 1. The molecule has 0 amide bonds. The molecule has 0 aliphatic rings. The van der Waals surface area contributed by atoms with Gasteiger partial charge in [-0.1, -0.05) is 11.8 Å². The zero-order valence-electron chi connectivity index (χ0n) is 11.4. The molecule has 0 unspecified atom stereocenters. The number of hydrogen-bond donors (Lipinski definition) is 0. The van der Waals surface area contributed by atoms with Gasteiger partial charge in [0.05, 0.1) is 6.10 Å². The largest absolute Gasteiger partial charge is 0.491 e. The quantitative estimate of drug-likeness (QED) is 0.687. The fraction of sp³-hybridized carbons (Fsp3) is 0.250. The molecule has 0 saturated carbocycles. The normalized spacial score (nSPS) is 10.7. The van der Waals surface area contributed by atoms with Crippen LogP contribution in [0.3, 0.4) is 0 Å². The third-order valence-electron chi connectivity index (χ3n) is 2.49. The summed E-state index contributed by atoms with van der Waals surface area (Å²) in [7, 11) is 0. The Morgan fingerprint density at radius 3 is 1.74 bits per heavy atom. The van der Waals surface area contributed by atoms with E-state index in [1.54, 1.807) is 23.5 Å². The number of thioether (sulfide) groups is 1. The fourth-order valence-electron chi connectivity index (χ4n) is 1.64. The Morgan fingerprint density at radius 1 is 0.789 bits per heavy atom. The van der Waals surface area contributed by atoms with E-state index >= 15 is 0 Å². The molecule has 0 N–H and O–H groups in total. The van der Waals surface area contributed by atoms with Crippen LogP contribution < -0.4 is 4.74 Å². The maximum absolute atomic E-state index is 5.64. The zero-order chi connectivity index (χ0) is 13.7. The van der Waals surface area contributed by atoms with Gasteiger partial charge in [0.15, 0.2) is 0 Å². The van der Waals surface area contributed by atoms with Gasteiger partial charge in [0.2, 0.25) is 0 Å². The number of benzene rings is 2. The van der Waals surface area contributed by atoms with Gasteiger partial charge in [0.25, 0.3) is 0 Å². The van der Waals surface area contributed by atoms with Gasteiger partial charge in [-0.2, -0.15) is 0 Å². The van der Waals surface area contributed by atoms with Crippen molar-refractivity contribution in [3.8, 4) is 5.75 Å². The van der Waals surface area contributed by atoms with E-state index < -0.39 is 0 Å². The van der Waals surface area contributed by atoms with Crippen LogP contribution in [0.15, 0.2) is 63.2 Å². The Morgan fingerprint density at radius 2 is 1.26 bits per heavy atom. The highest BCUT2D eigenvalue weighted by atomic mass is 32.2. The van der Waals surface area contributed by atoms with Crippen LogP contribution >= 0.6 is 23.5 Å². The molecular weight excluding hydrogens is 272 g/mol. The molecule has 2 aromatic carbocycles. The topological polar surface area (TPSA) is 9.23 Å². The molecule has 0 spiro atoms. The molecule has 0 radical (unpaired) electrons. The molecule has 0 heterocycles. The molecule has 2 aromatic rings. The lowest BCUT2D eigenvalue weighted by Crippen LogP contribution is -2.04. The van der Waals surface area contributed by atoms with E-state index in [9.17, 15) is 0 Å². The Labute approximate surface area is 123 Å². The molecule has 0 aliphatic carbocycles. The Bertz CT molecular complexity index is 503. The summed E-state index contributed by atoms with van der Waals surface area (Å²) in [5, 5.41) is 0. The molecule has 1 nitrogen and oxygen atoms in total. The smallest absolute Gasteiger partial charge is 0.119 e. The van der Waals surface area contributed by atoms with Gasteiger partial charge in [0, 0.05) is 14.7 Å². The molecule has 0 aromatic heterocycles. The third-order valence-corrected chi connectivity index (χ3v) is 4.25. The summed E-state index contributed by atoms with van der Waals surface area (Å²) in [6.45, 7) is 4.08. The van der Waals surface area contributed by atoms with Crippen LogP contribution in [0.1, 0.15) is 13.8 Å². The van der Waals surface area contributed by atoms with Crippen LogP contribution in [-0.4, -0.2) is 12.4 Å². The lowest BCUT2D eigenvalue weighted by Gasteiger charge is -2.10. The van der Waals surface area contributed by atoms with E-state index in [0.717, 1.165) is 5.75 Å². The maximum atomic E-state index is 5.64. The van der Waals surface area contributed by atoms with Gasteiger partial charge < -0.3 is 4.74 Å². The van der Waals surface area contributed by atoms with Crippen molar-refractivity contribution in [3.05, 3.63) is 48.5 Å². The first kappa shape index (κ1) is 14.4. The second-order valence-corrected chi connectivity index (χ2v) is 6.44. The van der Waals surface area contributed by atoms with Crippen molar-refractivity contribution in [3.63, 3.8) is 0 Å². The SMILES string of the molecule is CSc1ccc(Sc2ccc(OC(C)C)cc2)cc1. The van der Waals surface area contributed by atoms with Crippen molar-refractivity contribution >= 4 is 23.5 Å². The van der Waals surface area contributed by atoms with Crippen molar-refractivity contribution in [1.29, 1.82) is 0 Å². The van der Waals surface area contributed by atoms with Gasteiger partial charge in [0.1, 0.15) is 5.75 Å². The predicted octanol–water partition coefficient (Wildman–Crippen LogP) is 5.35. The average Bonchev–Trinajstić information content (AvgIpc) is 2.41. The number of rotatable bonds is 5. The first-order valence-corrected chi connectivity index (χ1v) is 8.30. The van der Waals surface area contributed by atoms with Crippen LogP contribution in [0.5, 0.6) is 5.75 Å². The average molecular weight is 290 g/mol. The van der Waals surface area contributed by atoms with E-state index in [4.69, 9.17) is 4.74 Å². The molecule has 100 valence electrons. The summed E-state index contributed by atoms with van der Waals surface area (Å²) in [5.74, 6) is 0.928. The lowest BCUT2D eigenvalue weighted by atomic mass is 10.3. The summed E-state index contributed by atoms with van der Waals surface area (Å²) in [6, 6.07) is 16.9. The monoisotopic (exact) mass is 290 g/mol. The fourth-order valence-corrected chi connectivity index (χ4v) is 2.86. The van der Waals surface area contributed by atoms with Gasteiger partial charge in [-0.3, -0.25) is 0 Å². The molecule has 0 aliphatic heterocycles. The first-order valence-electron chi connectivity index (χ1n) is 6.26. The summed E-state index contributed by atoms with van der Waals surface area (Å²) >= 11 is 3.54. The Kier molecular flexibility index (Phi) is 5.23. The summed E-state index contributed by atoms with van der Waals surface area (Å²) in [6.07, 6.45) is 2.31. The van der Waals surface area contributed by atoms with E-state index in [1.165, 1.54) is 14.7 Å². The minimum absolute atomic E-state index is 0.220. The Balaban J connectivity index is 2.02. The van der Waals surface area contributed by atoms with Crippen LogP contribution in [0.2, 0.25) is 0 Å². The molecule has 0 bridgehead atoms. The van der Waals surface area contributed by atoms with Gasteiger partial charge in [-0.25, -0.2) is 0 Å². The molecule has 0 atom stereocenters. The molecule has 0 saturated heterocycles. The van der Waals surface area contributed by atoms with Crippen LogP contribution in [0.4, 0.5) is 0 Å². The summed E-state index contributed by atoms with van der Waals surface area (Å²) < 4.78 is 5.64. The predicted molar refractivity (Wildman–Crippen MR) is 84.6 cm³/mol. The highest BCUT2D eigenvalue weighted by molar-refractivity contribution is 7.99. The lowest BCUT2D eigenvalue weighted by molar-refractivity contribution is 0.242. The second-order valence-electron chi connectivity index (χ2n) is 4.42. The highest BCUT2D eigenvalue weighted by Gasteiger charge is 2.00. The van der Waals surface area contributed by atoms with Crippen molar-refractivity contribution in [1.82, 2.24) is 0 Å². The molecular formula is C16H18OS2. The molecule has 2 rings (SSSR count). The maximum Gasteiger partial charge on any atom is 0.119 e. The molecule has 0 fully saturated rings. The van der Waals surface area contributed by atoms with Crippen LogP contribution in [0.25, 0.3) is 0 Å². The van der Waals surface area contributed by atoms with Crippen LogP contribution in [-0.2, 0) is 0 Å². The minimum Gasteiger partial charge on any atom is -0.491 e. The second kappa shape index (κ2) is 6.92. The summed E-state index contributed by atoms with van der Waals surface area (Å²) in [4.78, 5) is 3.79. The zero-order valence-corrected chi connectivity index (χ0v) is 13.1. The third kappa shape index (κ3) is 4.51. The van der Waals surface area contributed by atoms with Crippen molar-refractivity contribution in [2.75, 3.05) is 6.26 Å². The first-order chi connectivity index (χ1) is 9.17.